The summed E-state index contributed by atoms with van der Waals surface area (Å²) < 4.78 is 20.0. The predicted molar refractivity (Wildman–Crippen MR) is 117 cm³/mol. The fraction of sp³-hybridized carbons (Fsp3) is 0.0833. The van der Waals surface area contributed by atoms with Crippen LogP contribution >= 0.6 is 11.7 Å². The molecule has 4 rings (SSSR count). The molecule has 0 saturated heterocycles. The Hall–Kier alpha value is -3.80. The molecule has 4 aromatic rings. The number of ether oxygens (including phenoxy) is 2. The lowest BCUT2D eigenvalue weighted by atomic mass is 9.98. The molecule has 0 fully saturated rings. The fourth-order valence-corrected chi connectivity index (χ4v) is 3.62. The third-order valence-corrected chi connectivity index (χ3v) is 4.92. The molecule has 1 aromatic heterocycles. The van der Waals surface area contributed by atoms with E-state index < -0.39 is 0 Å². The molecule has 0 bridgehead atoms. The molecule has 0 aliphatic rings. The van der Waals surface area contributed by atoms with Gasteiger partial charge in [0.25, 0.3) is 0 Å². The maximum absolute atomic E-state index is 5.45. The Kier molecular flexibility index (Phi) is 5.42. The van der Waals surface area contributed by atoms with E-state index in [4.69, 9.17) is 22.3 Å². The lowest BCUT2D eigenvalue weighted by Crippen LogP contribution is -1.93. The Morgan fingerprint density at radius 2 is 1.07 bits per heavy atom. The molecule has 0 atom stereocenters. The number of aromatic nitrogens is 2. The average Bonchev–Trinajstić information content (AvgIpc) is 3.26. The zero-order chi connectivity index (χ0) is 20.1. The Balaban J connectivity index is 1.67. The van der Waals surface area contributed by atoms with Crippen LogP contribution in [0.3, 0.4) is 0 Å². The number of hydrogen-bond acceptors (Lipinski definition) is 5. The van der Waals surface area contributed by atoms with E-state index in [0.29, 0.717) is 0 Å². The number of nitrogens with zero attached hydrogens (tertiary/aromatic N) is 2. The van der Waals surface area contributed by atoms with Crippen LogP contribution in [-0.4, -0.2) is 22.0 Å². The van der Waals surface area contributed by atoms with Crippen LogP contribution in [0, 0.1) is 24.7 Å². The van der Waals surface area contributed by atoms with E-state index in [2.05, 4.69) is 32.7 Å². The molecule has 29 heavy (non-hydrogen) atoms. The third kappa shape index (κ3) is 3.91. The smallest absolute Gasteiger partial charge is 0.148 e. The van der Waals surface area contributed by atoms with Gasteiger partial charge in [0.2, 0.25) is 0 Å². The van der Waals surface area contributed by atoms with Gasteiger partial charge in [0.15, 0.2) is 0 Å². The van der Waals surface area contributed by atoms with Crippen molar-refractivity contribution in [3.8, 4) is 58.4 Å². The van der Waals surface area contributed by atoms with Gasteiger partial charge in [-0.2, -0.15) is 8.75 Å². The molecule has 0 N–H and O–H groups in total. The van der Waals surface area contributed by atoms with Crippen molar-refractivity contribution >= 4 is 22.8 Å². The van der Waals surface area contributed by atoms with Crippen molar-refractivity contribution in [3.63, 3.8) is 0 Å². The highest BCUT2D eigenvalue weighted by Crippen LogP contribution is 2.35. The SMILES string of the molecule is C#CCOc1ccc(-c2ccc(-c3ccc(OCC#C)cc3)c3nsnc23)cc1. The van der Waals surface area contributed by atoms with E-state index in [0.717, 1.165) is 44.8 Å². The first-order chi connectivity index (χ1) is 14.3. The van der Waals surface area contributed by atoms with Gasteiger partial charge in [-0.05, 0) is 35.4 Å². The Morgan fingerprint density at radius 1 is 0.655 bits per heavy atom. The molecule has 0 spiro atoms. The predicted octanol–water partition coefficient (Wildman–Crippen LogP) is 5.05. The summed E-state index contributed by atoms with van der Waals surface area (Å²) in [6.45, 7) is 0.502. The van der Waals surface area contributed by atoms with Crippen LogP contribution < -0.4 is 9.47 Å². The minimum Gasteiger partial charge on any atom is -0.481 e. The zero-order valence-corrected chi connectivity index (χ0v) is 16.3. The van der Waals surface area contributed by atoms with Gasteiger partial charge >= 0.3 is 0 Å². The van der Waals surface area contributed by atoms with Crippen molar-refractivity contribution in [2.45, 2.75) is 0 Å². The van der Waals surface area contributed by atoms with Crippen molar-refractivity contribution in [2.24, 2.45) is 0 Å². The minimum atomic E-state index is 0.251. The van der Waals surface area contributed by atoms with E-state index in [-0.39, 0.29) is 13.2 Å². The molecule has 4 nitrogen and oxygen atoms in total. The molecular weight excluding hydrogens is 380 g/mol. The van der Waals surface area contributed by atoms with Crippen LogP contribution in [0.5, 0.6) is 11.5 Å². The molecule has 0 radical (unpaired) electrons. The molecule has 0 saturated carbocycles. The van der Waals surface area contributed by atoms with Crippen molar-refractivity contribution in [2.75, 3.05) is 13.2 Å². The topological polar surface area (TPSA) is 44.2 Å². The molecule has 1 heterocycles. The molecule has 0 amide bonds. The Bertz CT molecular complexity index is 1120. The monoisotopic (exact) mass is 396 g/mol. The summed E-state index contributed by atoms with van der Waals surface area (Å²) in [5.41, 5.74) is 5.88. The summed E-state index contributed by atoms with van der Waals surface area (Å²) in [4.78, 5) is 0. The van der Waals surface area contributed by atoms with Gasteiger partial charge in [-0.3, -0.25) is 0 Å². The normalized spacial score (nSPS) is 10.3. The van der Waals surface area contributed by atoms with Crippen LogP contribution in [-0.2, 0) is 0 Å². The number of benzene rings is 3. The first-order valence-corrected chi connectivity index (χ1v) is 9.62. The van der Waals surface area contributed by atoms with Crippen molar-refractivity contribution in [3.05, 3.63) is 60.7 Å². The molecule has 5 heteroatoms. The second kappa shape index (κ2) is 8.48. The van der Waals surface area contributed by atoms with Crippen molar-refractivity contribution in [1.82, 2.24) is 8.75 Å². The summed E-state index contributed by atoms with van der Waals surface area (Å²) >= 11 is 1.21. The van der Waals surface area contributed by atoms with Crippen LogP contribution in [0.15, 0.2) is 60.7 Å². The van der Waals surface area contributed by atoms with Crippen molar-refractivity contribution < 1.29 is 9.47 Å². The van der Waals surface area contributed by atoms with Gasteiger partial charge in [-0.1, -0.05) is 48.2 Å². The largest absolute Gasteiger partial charge is 0.481 e. The van der Waals surface area contributed by atoms with Gasteiger partial charge in [-0.25, -0.2) is 0 Å². The third-order valence-electron chi connectivity index (χ3n) is 4.39. The minimum absolute atomic E-state index is 0.251. The Morgan fingerprint density at radius 3 is 1.45 bits per heavy atom. The molecule has 0 aliphatic carbocycles. The second-order valence-corrected chi connectivity index (χ2v) is 6.68. The number of terminal acetylenes is 2. The molecule has 140 valence electrons. The maximum atomic E-state index is 5.45. The second-order valence-electron chi connectivity index (χ2n) is 6.16. The van der Waals surface area contributed by atoms with E-state index >= 15 is 0 Å². The summed E-state index contributed by atoms with van der Waals surface area (Å²) in [7, 11) is 0. The number of hydrogen-bond donors (Lipinski definition) is 0. The van der Waals surface area contributed by atoms with E-state index in [1.807, 2.05) is 48.5 Å². The van der Waals surface area contributed by atoms with Gasteiger partial charge in [0.05, 0.1) is 11.7 Å². The first-order valence-electron chi connectivity index (χ1n) is 8.89. The standard InChI is InChI=1S/C24H16N2O2S/c1-3-15-27-19-9-5-17(6-10-19)21-13-14-22(24-23(21)25-29-26-24)18-7-11-20(12-8-18)28-16-4-2/h1-2,5-14H,15-16H2. The molecule has 0 aliphatic heterocycles. The lowest BCUT2D eigenvalue weighted by Gasteiger charge is -2.09. The zero-order valence-electron chi connectivity index (χ0n) is 15.5. The summed E-state index contributed by atoms with van der Waals surface area (Å²) in [6.07, 6.45) is 10.5. The summed E-state index contributed by atoms with van der Waals surface area (Å²) in [5.74, 6) is 6.40. The van der Waals surface area contributed by atoms with Gasteiger partial charge in [0, 0.05) is 11.1 Å². The quantitative estimate of drug-likeness (QED) is 0.428. The highest BCUT2D eigenvalue weighted by molar-refractivity contribution is 7.00. The highest BCUT2D eigenvalue weighted by Gasteiger charge is 2.13. The molecule has 0 unspecified atom stereocenters. The van der Waals surface area contributed by atoms with Crippen LogP contribution in [0.25, 0.3) is 33.3 Å². The summed E-state index contributed by atoms with van der Waals surface area (Å²) in [5, 5.41) is 0. The van der Waals surface area contributed by atoms with Gasteiger partial charge in [0.1, 0.15) is 35.7 Å². The lowest BCUT2D eigenvalue weighted by molar-refractivity contribution is 0.370. The maximum Gasteiger partial charge on any atom is 0.148 e. The van der Waals surface area contributed by atoms with Gasteiger partial charge in [-0.15, -0.1) is 12.8 Å². The van der Waals surface area contributed by atoms with E-state index in [1.165, 1.54) is 11.7 Å². The Labute approximate surface area is 173 Å². The molecular formula is C24H16N2O2S. The highest BCUT2D eigenvalue weighted by atomic mass is 32.1. The molecule has 3 aromatic carbocycles. The summed E-state index contributed by atoms with van der Waals surface area (Å²) in [6, 6.07) is 19.7. The van der Waals surface area contributed by atoms with Crippen LogP contribution in [0.4, 0.5) is 0 Å². The van der Waals surface area contributed by atoms with E-state index in [1.54, 1.807) is 0 Å². The first kappa shape index (κ1) is 18.6. The fourth-order valence-electron chi connectivity index (χ4n) is 3.04. The van der Waals surface area contributed by atoms with E-state index in [9.17, 15) is 0 Å². The average molecular weight is 396 g/mol. The van der Waals surface area contributed by atoms with Crippen LogP contribution in [0.2, 0.25) is 0 Å². The van der Waals surface area contributed by atoms with Crippen LogP contribution in [0.1, 0.15) is 0 Å². The number of rotatable bonds is 6. The van der Waals surface area contributed by atoms with Crippen molar-refractivity contribution in [1.29, 1.82) is 0 Å². The van der Waals surface area contributed by atoms with Gasteiger partial charge < -0.3 is 9.47 Å². The number of fused-ring (bicyclic) bond motifs is 1.